The number of amides is 2. The number of nitrogens with zero attached hydrogens (tertiary/aromatic N) is 1. The molecule has 2 amide bonds. The monoisotopic (exact) mass is 512 g/mol. The molecule has 0 saturated carbocycles. The number of rotatable bonds is 10. The fourth-order valence-electron chi connectivity index (χ4n) is 4.88. The predicted molar refractivity (Wildman–Crippen MR) is 148 cm³/mol. The summed E-state index contributed by atoms with van der Waals surface area (Å²) in [7, 11) is 3.41. The van der Waals surface area contributed by atoms with Crippen LogP contribution in [0.2, 0.25) is 0 Å². The number of aromatic amines is 1. The summed E-state index contributed by atoms with van der Waals surface area (Å²) in [5, 5.41) is 16.6. The van der Waals surface area contributed by atoms with Crippen molar-refractivity contribution in [3.63, 3.8) is 0 Å². The number of nitrogens with one attached hydrogen (secondary N) is 3. The summed E-state index contributed by atoms with van der Waals surface area (Å²) >= 11 is 0. The van der Waals surface area contributed by atoms with Gasteiger partial charge in [0.15, 0.2) is 0 Å². The molecule has 0 aliphatic rings. The molecule has 0 spiro atoms. The van der Waals surface area contributed by atoms with E-state index in [9.17, 15) is 19.5 Å². The molecule has 2 aromatic rings. The zero-order valence-corrected chi connectivity index (χ0v) is 23.9. The van der Waals surface area contributed by atoms with E-state index in [0.717, 1.165) is 16.5 Å². The maximum absolute atomic E-state index is 13.8. The molecule has 0 bridgehead atoms. The molecule has 0 aliphatic heterocycles. The zero-order valence-electron chi connectivity index (χ0n) is 23.9. The molecule has 1 heterocycles. The Bertz CT molecular complexity index is 1160. The van der Waals surface area contributed by atoms with Crippen LogP contribution in [-0.2, 0) is 19.8 Å². The minimum absolute atomic E-state index is 0.0227. The van der Waals surface area contributed by atoms with E-state index in [-0.39, 0.29) is 23.3 Å². The Morgan fingerprint density at radius 2 is 1.65 bits per heavy atom. The van der Waals surface area contributed by atoms with Crippen LogP contribution in [0, 0.1) is 11.3 Å². The fourth-order valence-corrected chi connectivity index (χ4v) is 4.88. The van der Waals surface area contributed by atoms with Crippen LogP contribution in [0.5, 0.6) is 0 Å². The minimum Gasteiger partial charge on any atom is -0.478 e. The van der Waals surface area contributed by atoms with Gasteiger partial charge in [0.05, 0.1) is 12.1 Å². The summed E-state index contributed by atoms with van der Waals surface area (Å²) in [6.07, 6.45) is 3.54. The summed E-state index contributed by atoms with van der Waals surface area (Å²) in [5.41, 5.74) is 0.983. The van der Waals surface area contributed by atoms with Crippen LogP contribution in [-0.4, -0.2) is 65.0 Å². The standard InChI is InChI=1S/C29H44N4O4/c1-17(2)22(15-18(3)27(36)37)33(10)26(35)24(28(4,5)6)32-25(34)23(30-9)29(7,8)20-16-31-21-14-12-11-13-19(20)21/h11-17,22-24,30-31H,1-10H3,(H,32,34)(H,36,37)/t22-,23-,24-/m1/s1. The van der Waals surface area contributed by atoms with Gasteiger partial charge in [-0.3, -0.25) is 9.59 Å². The van der Waals surface area contributed by atoms with Crippen LogP contribution in [0.1, 0.15) is 61.0 Å². The van der Waals surface area contributed by atoms with Crippen molar-refractivity contribution in [3.05, 3.63) is 47.7 Å². The molecule has 1 aromatic heterocycles. The highest BCUT2D eigenvalue weighted by Crippen LogP contribution is 2.34. The number of carbonyl (C=O) groups excluding carboxylic acids is 2. The number of para-hydroxylation sites is 1. The van der Waals surface area contributed by atoms with E-state index in [1.165, 1.54) is 6.92 Å². The number of likely N-dealkylation sites (N-methyl/N-ethyl adjacent to an activating group) is 2. The third kappa shape index (κ3) is 6.60. The van der Waals surface area contributed by atoms with Crippen molar-refractivity contribution in [1.82, 2.24) is 20.5 Å². The van der Waals surface area contributed by atoms with Crippen LogP contribution < -0.4 is 10.6 Å². The highest BCUT2D eigenvalue weighted by molar-refractivity contribution is 5.93. The van der Waals surface area contributed by atoms with Crippen LogP contribution >= 0.6 is 0 Å². The van der Waals surface area contributed by atoms with Gasteiger partial charge in [0, 0.05) is 35.1 Å². The summed E-state index contributed by atoms with van der Waals surface area (Å²) in [4.78, 5) is 43.8. The molecule has 0 unspecified atom stereocenters. The van der Waals surface area contributed by atoms with Crippen LogP contribution in [0.3, 0.4) is 0 Å². The second kappa shape index (κ2) is 11.5. The number of carboxylic acids is 1. The van der Waals surface area contributed by atoms with Crippen molar-refractivity contribution >= 4 is 28.7 Å². The molecular formula is C29H44N4O4. The maximum atomic E-state index is 13.8. The van der Waals surface area contributed by atoms with Crippen molar-refractivity contribution in [3.8, 4) is 0 Å². The number of hydrogen-bond donors (Lipinski definition) is 4. The highest BCUT2D eigenvalue weighted by Gasteiger charge is 2.42. The first-order chi connectivity index (χ1) is 17.0. The molecule has 0 aliphatic carbocycles. The molecular weight excluding hydrogens is 468 g/mol. The van der Waals surface area contributed by atoms with Crippen LogP contribution in [0.15, 0.2) is 42.1 Å². The Labute approximate surface area is 220 Å². The third-order valence-corrected chi connectivity index (χ3v) is 7.19. The van der Waals surface area contributed by atoms with E-state index in [2.05, 4.69) is 15.6 Å². The fraction of sp³-hybridized carbons (Fsp3) is 0.552. The molecule has 8 heteroatoms. The van der Waals surface area contributed by atoms with Gasteiger partial charge >= 0.3 is 5.97 Å². The second-order valence-electron chi connectivity index (χ2n) is 11.8. The topological polar surface area (TPSA) is 115 Å². The van der Waals surface area contributed by atoms with Crippen molar-refractivity contribution < 1.29 is 19.5 Å². The van der Waals surface area contributed by atoms with Gasteiger partial charge in [-0.1, -0.05) is 72.7 Å². The van der Waals surface area contributed by atoms with Gasteiger partial charge in [0.2, 0.25) is 11.8 Å². The number of carboxylic acid groups (broad SMARTS) is 1. The average molecular weight is 513 g/mol. The average Bonchev–Trinajstić information content (AvgIpc) is 3.24. The summed E-state index contributed by atoms with van der Waals surface area (Å²) in [6.45, 7) is 15.1. The predicted octanol–water partition coefficient (Wildman–Crippen LogP) is 4.08. The Morgan fingerprint density at radius 1 is 1.05 bits per heavy atom. The van der Waals surface area contributed by atoms with Gasteiger partial charge in [-0.2, -0.15) is 0 Å². The lowest BCUT2D eigenvalue weighted by atomic mass is 9.76. The van der Waals surface area contributed by atoms with Gasteiger partial charge in [0.1, 0.15) is 6.04 Å². The van der Waals surface area contributed by atoms with Crippen molar-refractivity contribution in [2.45, 2.75) is 78.9 Å². The normalized spacial score (nSPS) is 15.4. The van der Waals surface area contributed by atoms with E-state index >= 15 is 0 Å². The van der Waals surface area contributed by atoms with Gasteiger partial charge in [-0.25, -0.2) is 4.79 Å². The number of carbonyl (C=O) groups is 3. The smallest absolute Gasteiger partial charge is 0.331 e. The third-order valence-electron chi connectivity index (χ3n) is 7.19. The summed E-state index contributed by atoms with van der Waals surface area (Å²) < 4.78 is 0. The van der Waals surface area contributed by atoms with E-state index in [1.54, 1.807) is 25.1 Å². The van der Waals surface area contributed by atoms with Crippen molar-refractivity contribution in [2.75, 3.05) is 14.1 Å². The Morgan fingerprint density at radius 3 is 2.16 bits per heavy atom. The highest BCUT2D eigenvalue weighted by atomic mass is 16.4. The first-order valence-electron chi connectivity index (χ1n) is 12.8. The molecule has 204 valence electrons. The van der Waals surface area contributed by atoms with E-state index < -0.39 is 34.9 Å². The van der Waals surface area contributed by atoms with E-state index in [0.29, 0.717) is 0 Å². The molecule has 0 radical (unpaired) electrons. The Hall–Kier alpha value is -3.13. The molecule has 0 saturated heterocycles. The van der Waals surface area contributed by atoms with Crippen LogP contribution in [0.25, 0.3) is 10.9 Å². The number of H-pyrrole nitrogens is 1. The largest absolute Gasteiger partial charge is 0.478 e. The number of fused-ring (bicyclic) bond motifs is 1. The molecule has 37 heavy (non-hydrogen) atoms. The molecule has 0 fully saturated rings. The van der Waals surface area contributed by atoms with Crippen molar-refractivity contribution in [1.29, 1.82) is 0 Å². The lowest BCUT2D eigenvalue weighted by molar-refractivity contribution is -0.141. The summed E-state index contributed by atoms with van der Waals surface area (Å²) in [6, 6.07) is 6.09. The number of aromatic nitrogens is 1. The molecule has 1 aromatic carbocycles. The van der Waals surface area contributed by atoms with Gasteiger partial charge in [0.25, 0.3) is 0 Å². The van der Waals surface area contributed by atoms with Crippen LogP contribution in [0.4, 0.5) is 0 Å². The molecule has 4 N–H and O–H groups in total. The van der Waals surface area contributed by atoms with E-state index in [4.69, 9.17) is 0 Å². The van der Waals surface area contributed by atoms with Gasteiger partial charge in [-0.05, 0) is 36.9 Å². The Kier molecular flexibility index (Phi) is 9.36. The van der Waals surface area contributed by atoms with Gasteiger partial charge in [-0.15, -0.1) is 0 Å². The number of aliphatic carboxylic acids is 1. The second-order valence-corrected chi connectivity index (χ2v) is 11.8. The SMILES string of the molecule is CN[C@H](C(=O)N[C@H](C(=O)N(C)[C@H](C=C(C)C(=O)O)C(C)C)C(C)(C)C)C(C)(C)c1c[nH]c2ccccc12. The lowest BCUT2D eigenvalue weighted by Gasteiger charge is -2.39. The maximum Gasteiger partial charge on any atom is 0.331 e. The number of hydrogen-bond acceptors (Lipinski definition) is 4. The minimum atomic E-state index is -1.02. The number of benzene rings is 1. The van der Waals surface area contributed by atoms with Crippen molar-refractivity contribution in [2.24, 2.45) is 11.3 Å². The lowest BCUT2D eigenvalue weighted by Crippen LogP contribution is -2.61. The molecule has 3 atom stereocenters. The van der Waals surface area contributed by atoms with Gasteiger partial charge < -0.3 is 25.6 Å². The first kappa shape index (κ1) is 30.1. The summed E-state index contributed by atoms with van der Waals surface area (Å²) in [5.74, 6) is -1.60. The zero-order chi connectivity index (χ0) is 28.3. The molecule has 8 nitrogen and oxygen atoms in total. The Balaban J connectivity index is 2.40. The van der Waals surface area contributed by atoms with E-state index in [1.807, 2.05) is 78.9 Å². The first-order valence-corrected chi connectivity index (χ1v) is 12.8. The quantitative estimate of drug-likeness (QED) is 0.358. The molecule has 2 rings (SSSR count).